The SMILES string of the molecule is CCCC(C)n1cc(-c2ccncc2/C=C/C=O)cn1. The molecule has 0 aliphatic rings. The summed E-state index contributed by atoms with van der Waals surface area (Å²) < 4.78 is 1.99. The van der Waals surface area contributed by atoms with Crippen LogP contribution >= 0.6 is 0 Å². The van der Waals surface area contributed by atoms with Crippen LogP contribution in [0.5, 0.6) is 0 Å². The van der Waals surface area contributed by atoms with E-state index in [2.05, 4.69) is 23.9 Å². The molecule has 0 bridgehead atoms. The molecule has 0 aliphatic heterocycles. The van der Waals surface area contributed by atoms with Gasteiger partial charge in [0.25, 0.3) is 0 Å². The van der Waals surface area contributed by atoms with Gasteiger partial charge in [0.15, 0.2) is 0 Å². The normalized spacial score (nSPS) is 12.7. The van der Waals surface area contributed by atoms with Gasteiger partial charge in [-0.25, -0.2) is 0 Å². The maximum atomic E-state index is 10.5. The summed E-state index contributed by atoms with van der Waals surface area (Å²) in [5, 5.41) is 4.44. The molecule has 0 fully saturated rings. The average Bonchev–Trinajstić information content (AvgIpc) is 2.95. The summed E-state index contributed by atoms with van der Waals surface area (Å²) in [6, 6.07) is 2.33. The predicted molar refractivity (Wildman–Crippen MR) is 80.2 cm³/mol. The monoisotopic (exact) mass is 269 g/mol. The van der Waals surface area contributed by atoms with E-state index in [0.717, 1.165) is 35.8 Å². The largest absolute Gasteiger partial charge is 0.299 e. The minimum atomic E-state index is 0.393. The van der Waals surface area contributed by atoms with Crippen LogP contribution in [0.1, 0.15) is 38.3 Å². The molecule has 0 amide bonds. The van der Waals surface area contributed by atoms with Gasteiger partial charge in [0.1, 0.15) is 6.29 Å². The van der Waals surface area contributed by atoms with Crippen molar-refractivity contribution in [3.8, 4) is 11.1 Å². The molecule has 1 unspecified atom stereocenters. The van der Waals surface area contributed by atoms with Crippen LogP contribution in [0.25, 0.3) is 17.2 Å². The van der Waals surface area contributed by atoms with Crippen molar-refractivity contribution in [1.29, 1.82) is 0 Å². The topological polar surface area (TPSA) is 47.8 Å². The van der Waals surface area contributed by atoms with E-state index in [1.165, 1.54) is 6.08 Å². The fraction of sp³-hybridized carbons (Fsp3) is 0.312. The minimum Gasteiger partial charge on any atom is -0.299 e. The first-order valence-corrected chi connectivity index (χ1v) is 6.86. The van der Waals surface area contributed by atoms with Crippen LogP contribution < -0.4 is 0 Å². The van der Waals surface area contributed by atoms with Crippen LogP contribution in [-0.4, -0.2) is 21.1 Å². The van der Waals surface area contributed by atoms with Gasteiger partial charge in [-0.15, -0.1) is 0 Å². The Morgan fingerprint density at radius 3 is 3.00 bits per heavy atom. The first-order valence-electron chi connectivity index (χ1n) is 6.86. The number of carbonyl (C=O) groups excluding carboxylic acids is 1. The standard InChI is InChI=1S/C16H19N3O/c1-3-5-13(2)19-12-15(11-18-19)16-7-8-17-10-14(16)6-4-9-20/h4,6-13H,3,5H2,1-2H3/b6-4+. The maximum Gasteiger partial charge on any atom is 0.142 e. The van der Waals surface area contributed by atoms with Crippen LogP contribution in [-0.2, 0) is 4.79 Å². The molecule has 20 heavy (non-hydrogen) atoms. The van der Waals surface area contributed by atoms with Gasteiger partial charge in [-0.2, -0.15) is 5.10 Å². The molecule has 2 aromatic rings. The summed E-state index contributed by atoms with van der Waals surface area (Å²) in [7, 11) is 0. The third kappa shape index (κ3) is 3.20. The molecular weight excluding hydrogens is 250 g/mol. The number of hydrogen-bond donors (Lipinski definition) is 0. The fourth-order valence-corrected chi connectivity index (χ4v) is 2.21. The lowest BCUT2D eigenvalue weighted by molar-refractivity contribution is -0.104. The highest BCUT2D eigenvalue weighted by molar-refractivity contribution is 5.80. The molecule has 1 atom stereocenters. The summed E-state index contributed by atoms with van der Waals surface area (Å²) in [6.45, 7) is 4.34. The average molecular weight is 269 g/mol. The number of aromatic nitrogens is 3. The van der Waals surface area contributed by atoms with Gasteiger partial charge in [0, 0.05) is 35.8 Å². The summed E-state index contributed by atoms with van der Waals surface area (Å²) >= 11 is 0. The quantitative estimate of drug-likeness (QED) is 0.595. The Morgan fingerprint density at radius 1 is 1.40 bits per heavy atom. The molecule has 4 nitrogen and oxygen atoms in total. The Hall–Kier alpha value is -2.23. The number of hydrogen-bond acceptors (Lipinski definition) is 3. The first-order chi connectivity index (χ1) is 9.76. The number of allylic oxidation sites excluding steroid dienone is 1. The van der Waals surface area contributed by atoms with Crippen molar-refractivity contribution in [2.24, 2.45) is 0 Å². The summed E-state index contributed by atoms with van der Waals surface area (Å²) in [6.07, 6.45) is 13.7. The number of carbonyl (C=O) groups is 1. The predicted octanol–water partition coefficient (Wildman–Crippen LogP) is 3.52. The molecule has 2 heterocycles. The highest BCUT2D eigenvalue weighted by atomic mass is 16.1. The van der Waals surface area contributed by atoms with Crippen LogP contribution in [0, 0.1) is 0 Å². The highest BCUT2D eigenvalue weighted by Crippen LogP contribution is 2.25. The van der Waals surface area contributed by atoms with Crippen molar-refractivity contribution >= 4 is 12.4 Å². The van der Waals surface area contributed by atoms with E-state index in [9.17, 15) is 4.79 Å². The van der Waals surface area contributed by atoms with Gasteiger partial charge < -0.3 is 0 Å². The zero-order valence-electron chi connectivity index (χ0n) is 11.9. The molecule has 0 saturated heterocycles. The Morgan fingerprint density at radius 2 is 2.25 bits per heavy atom. The van der Waals surface area contributed by atoms with Gasteiger partial charge in [0.2, 0.25) is 0 Å². The van der Waals surface area contributed by atoms with Gasteiger partial charge in [-0.05, 0) is 37.1 Å². The zero-order chi connectivity index (χ0) is 14.4. The number of pyridine rings is 1. The second kappa shape index (κ2) is 6.80. The molecule has 104 valence electrons. The van der Waals surface area contributed by atoms with Crippen LogP contribution in [0.4, 0.5) is 0 Å². The van der Waals surface area contributed by atoms with Crippen molar-refractivity contribution in [3.05, 3.63) is 42.5 Å². The molecule has 0 saturated carbocycles. The summed E-state index contributed by atoms with van der Waals surface area (Å²) in [5.41, 5.74) is 3.00. The van der Waals surface area contributed by atoms with E-state index in [1.54, 1.807) is 18.5 Å². The lowest BCUT2D eigenvalue weighted by atomic mass is 10.0. The Labute approximate surface area is 119 Å². The molecule has 2 aromatic heterocycles. The second-order valence-corrected chi connectivity index (χ2v) is 4.80. The summed E-state index contributed by atoms with van der Waals surface area (Å²) in [4.78, 5) is 14.6. The Bertz CT molecular complexity index is 601. The zero-order valence-corrected chi connectivity index (χ0v) is 11.9. The Balaban J connectivity index is 2.32. The summed E-state index contributed by atoms with van der Waals surface area (Å²) in [5.74, 6) is 0. The molecule has 0 spiro atoms. The van der Waals surface area contributed by atoms with Crippen molar-refractivity contribution in [2.75, 3.05) is 0 Å². The first kappa shape index (κ1) is 14.2. The molecule has 2 rings (SSSR count). The van der Waals surface area contributed by atoms with E-state index in [4.69, 9.17) is 0 Å². The maximum absolute atomic E-state index is 10.5. The van der Waals surface area contributed by atoms with Crippen LogP contribution in [0.3, 0.4) is 0 Å². The van der Waals surface area contributed by atoms with Crippen molar-refractivity contribution in [1.82, 2.24) is 14.8 Å². The number of nitrogens with zero attached hydrogens (tertiary/aromatic N) is 3. The molecular formula is C16H19N3O. The van der Waals surface area contributed by atoms with Crippen molar-refractivity contribution < 1.29 is 4.79 Å². The van der Waals surface area contributed by atoms with E-state index in [1.807, 2.05) is 23.1 Å². The van der Waals surface area contributed by atoms with Gasteiger partial charge in [-0.3, -0.25) is 14.5 Å². The van der Waals surface area contributed by atoms with Crippen molar-refractivity contribution in [3.63, 3.8) is 0 Å². The third-order valence-electron chi connectivity index (χ3n) is 3.28. The second-order valence-electron chi connectivity index (χ2n) is 4.80. The molecule has 0 aliphatic carbocycles. The highest BCUT2D eigenvalue weighted by Gasteiger charge is 2.09. The van der Waals surface area contributed by atoms with Crippen LogP contribution in [0.15, 0.2) is 36.9 Å². The van der Waals surface area contributed by atoms with Gasteiger partial charge in [-0.1, -0.05) is 13.3 Å². The molecule has 0 N–H and O–H groups in total. The fourth-order valence-electron chi connectivity index (χ4n) is 2.21. The molecule has 0 aromatic carbocycles. The van der Waals surface area contributed by atoms with Gasteiger partial charge in [0.05, 0.1) is 6.20 Å². The van der Waals surface area contributed by atoms with Crippen molar-refractivity contribution in [2.45, 2.75) is 32.7 Å². The minimum absolute atomic E-state index is 0.393. The molecule has 0 radical (unpaired) electrons. The lowest BCUT2D eigenvalue weighted by Crippen LogP contribution is -2.04. The van der Waals surface area contributed by atoms with Crippen LogP contribution in [0.2, 0.25) is 0 Å². The Kier molecular flexibility index (Phi) is 4.82. The van der Waals surface area contributed by atoms with E-state index >= 15 is 0 Å². The lowest BCUT2D eigenvalue weighted by Gasteiger charge is -2.10. The van der Waals surface area contributed by atoms with E-state index in [0.29, 0.717) is 6.04 Å². The smallest absolute Gasteiger partial charge is 0.142 e. The van der Waals surface area contributed by atoms with E-state index in [-0.39, 0.29) is 0 Å². The number of aldehydes is 1. The third-order valence-corrected chi connectivity index (χ3v) is 3.28. The molecule has 4 heteroatoms. The van der Waals surface area contributed by atoms with E-state index < -0.39 is 0 Å². The number of rotatable bonds is 6. The van der Waals surface area contributed by atoms with Gasteiger partial charge >= 0.3 is 0 Å².